The minimum Gasteiger partial charge on any atom is -0.482 e. The van der Waals surface area contributed by atoms with Crippen LogP contribution in [-0.4, -0.2) is 28.0 Å². The topological polar surface area (TPSA) is 75.2 Å². The van der Waals surface area contributed by atoms with Gasteiger partial charge < -0.3 is 15.2 Å². The molecule has 1 aromatic carbocycles. The maximum absolute atomic E-state index is 14.0. The van der Waals surface area contributed by atoms with Gasteiger partial charge in [0.25, 0.3) is 0 Å². The summed E-state index contributed by atoms with van der Waals surface area (Å²) in [5.41, 5.74) is 8.38. The van der Waals surface area contributed by atoms with Crippen molar-refractivity contribution in [2.24, 2.45) is 5.41 Å². The fourth-order valence-electron chi connectivity index (χ4n) is 5.37. The standard InChI is InChI=1S/C25H27Cl2FN4O2/c1-15(22-18(26)4-5-19(28)23(22)27)34-20-10-16(11-30-24(20)29)17-12-31-32(13-17)21-6-9-33-14-25(21)7-2-3-8-25/h4-5,10-13,15,21H,2-3,6-9,14H2,1H3,(H2,29,30). The van der Waals surface area contributed by atoms with Gasteiger partial charge in [0.15, 0.2) is 11.6 Å². The fraction of sp³-hybridized carbons (Fsp3) is 0.440. The van der Waals surface area contributed by atoms with E-state index in [0.29, 0.717) is 22.4 Å². The summed E-state index contributed by atoms with van der Waals surface area (Å²) in [6.45, 7) is 3.30. The van der Waals surface area contributed by atoms with Crippen molar-refractivity contribution in [2.75, 3.05) is 18.9 Å². The van der Waals surface area contributed by atoms with Crippen molar-refractivity contribution < 1.29 is 13.9 Å². The van der Waals surface area contributed by atoms with Gasteiger partial charge in [0.1, 0.15) is 11.9 Å². The monoisotopic (exact) mass is 504 g/mol. The first kappa shape index (κ1) is 23.4. The summed E-state index contributed by atoms with van der Waals surface area (Å²) >= 11 is 12.4. The van der Waals surface area contributed by atoms with Crippen LogP contribution in [-0.2, 0) is 4.74 Å². The predicted molar refractivity (Wildman–Crippen MR) is 131 cm³/mol. The fourth-order valence-corrected chi connectivity index (χ4v) is 6.05. The Hall–Kier alpha value is -2.35. The van der Waals surface area contributed by atoms with E-state index in [1.54, 1.807) is 13.1 Å². The number of nitrogens with two attached hydrogens (primary N) is 1. The molecule has 1 spiro atoms. The predicted octanol–water partition coefficient (Wildman–Crippen LogP) is 6.64. The van der Waals surface area contributed by atoms with E-state index in [2.05, 4.69) is 15.9 Å². The van der Waals surface area contributed by atoms with Gasteiger partial charge in [-0.2, -0.15) is 5.10 Å². The SMILES string of the molecule is CC(Oc1cc(-c2cnn(C3CCOCC34CCCC4)c2)cnc1N)c1c(Cl)ccc(F)c1Cl. The van der Waals surface area contributed by atoms with E-state index in [4.69, 9.17) is 43.5 Å². The number of pyridine rings is 1. The number of benzene rings is 1. The average molecular weight is 505 g/mol. The maximum atomic E-state index is 14.0. The summed E-state index contributed by atoms with van der Waals surface area (Å²) in [6.07, 6.45) is 10.8. The number of rotatable bonds is 5. The van der Waals surface area contributed by atoms with Gasteiger partial charge in [0.2, 0.25) is 0 Å². The number of ether oxygens (including phenoxy) is 2. The molecule has 2 unspecified atom stereocenters. The van der Waals surface area contributed by atoms with Crippen molar-refractivity contribution >= 4 is 29.0 Å². The van der Waals surface area contributed by atoms with E-state index in [1.165, 1.54) is 37.8 Å². The molecular formula is C25H27Cl2FN4O2. The molecule has 34 heavy (non-hydrogen) atoms. The third-order valence-electron chi connectivity index (χ3n) is 7.16. The molecule has 0 amide bonds. The first-order valence-electron chi connectivity index (χ1n) is 11.6. The van der Waals surface area contributed by atoms with E-state index >= 15 is 0 Å². The largest absolute Gasteiger partial charge is 0.482 e. The highest BCUT2D eigenvalue weighted by molar-refractivity contribution is 6.36. The van der Waals surface area contributed by atoms with Crippen LogP contribution >= 0.6 is 23.2 Å². The van der Waals surface area contributed by atoms with E-state index in [1.807, 2.05) is 12.3 Å². The Morgan fingerprint density at radius 3 is 2.82 bits per heavy atom. The molecule has 0 bridgehead atoms. The summed E-state index contributed by atoms with van der Waals surface area (Å²) in [5, 5.41) is 4.96. The second-order valence-corrected chi connectivity index (χ2v) is 10.0. The van der Waals surface area contributed by atoms with E-state index < -0.39 is 11.9 Å². The van der Waals surface area contributed by atoms with Crippen molar-refractivity contribution in [1.82, 2.24) is 14.8 Å². The van der Waals surface area contributed by atoms with Crippen LogP contribution in [0.5, 0.6) is 5.75 Å². The smallest absolute Gasteiger partial charge is 0.166 e. The van der Waals surface area contributed by atoms with Gasteiger partial charge in [-0.25, -0.2) is 9.37 Å². The Morgan fingerprint density at radius 1 is 1.24 bits per heavy atom. The van der Waals surface area contributed by atoms with Gasteiger partial charge >= 0.3 is 0 Å². The molecule has 2 atom stereocenters. The number of hydrogen-bond donors (Lipinski definition) is 1. The normalized spacial score (nSPS) is 20.5. The Bertz CT molecular complexity index is 1200. The Morgan fingerprint density at radius 2 is 2.03 bits per heavy atom. The lowest BCUT2D eigenvalue weighted by Crippen LogP contribution is -2.39. The van der Waals surface area contributed by atoms with Crippen LogP contribution in [0.1, 0.15) is 56.7 Å². The van der Waals surface area contributed by atoms with Gasteiger partial charge in [0, 0.05) is 46.1 Å². The van der Waals surface area contributed by atoms with E-state index in [-0.39, 0.29) is 16.3 Å². The number of nitrogen functional groups attached to an aromatic ring is 1. The van der Waals surface area contributed by atoms with Crippen LogP contribution < -0.4 is 10.5 Å². The van der Waals surface area contributed by atoms with Gasteiger partial charge in [-0.3, -0.25) is 4.68 Å². The lowest BCUT2D eigenvalue weighted by atomic mass is 9.76. The molecule has 0 radical (unpaired) electrons. The van der Waals surface area contributed by atoms with Crippen molar-refractivity contribution in [2.45, 2.75) is 51.2 Å². The molecule has 1 aliphatic heterocycles. The van der Waals surface area contributed by atoms with E-state index in [9.17, 15) is 4.39 Å². The van der Waals surface area contributed by atoms with Crippen LogP contribution in [0.15, 0.2) is 36.8 Å². The summed E-state index contributed by atoms with van der Waals surface area (Å²) < 4.78 is 28.0. The molecule has 1 aliphatic carbocycles. The molecule has 3 aromatic rings. The van der Waals surface area contributed by atoms with Crippen LogP contribution in [0.3, 0.4) is 0 Å². The molecule has 2 fully saturated rings. The molecule has 5 rings (SSSR count). The molecule has 180 valence electrons. The second-order valence-electron chi connectivity index (χ2n) is 9.26. The summed E-state index contributed by atoms with van der Waals surface area (Å²) in [5.74, 6) is 0.0328. The average Bonchev–Trinajstić information content (AvgIpc) is 3.49. The molecule has 2 aliphatic rings. The minimum absolute atomic E-state index is 0.0683. The van der Waals surface area contributed by atoms with Crippen LogP contribution in [0.4, 0.5) is 10.2 Å². The first-order chi connectivity index (χ1) is 16.4. The Kier molecular flexibility index (Phi) is 6.44. The molecular weight excluding hydrogens is 478 g/mol. The van der Waals surface area contributed by atoms with Crippen LogP contribution in [0, 0.1) is 11.2 Å². The van der Waals surface area contributed by atoms with Gasteiger partial charge in [-0.05, 0) is 44.4 Å². The zero-order valence-corrected chi connectivity index (χ0v) is 20.4. The molecule has 2 aromatic heterocycles. The third-order valence-corrected chi connectivity index (χ3v) is 7.87. The van der Waals surface area contributed by atoms with Crippen LogP contribution in [0.25, 0.3) is 11.1 Å². The van der Waals surface area contributed by atoms with Crippen molar-refractivity contribution in [1.29, 1.82) is 0 Å². The molecule has 9 heteroatoms. The Balaban J connectivity index is 1.41. The number of nitrogens with zero attached hydrogens (tertiary/aromatic N) is 3. The first-order valence-corrected chi connectivity index (χ1v) is 12.3. The zero-order valence-electron chi connectivity index (χ0n) is 18.9. The van der Waals surface area contributed by atoms with Crippen molar-refractivity contribution in [3.05, 3.63) is 58.2 Å². The minimum atomic E-state index is -0.637. The highest BCUT2D eigenvalue weighted by Crippen LogP contribution is 2.50. The van der Waals surface area contributed by atoms with Crippen molar-refractivity contribution in [3.63, 3.8) is 0 Å². The summed E-state index contributed by atoms with van der Waals surface area (Å²) in [7, 11) is 0. The molecule has 3 heterocycles. The molecule has 1 saturated heterocycles. The second kappa shape index (κ2) is 9.36. The number of hydrogen-bond acceptors (Lipinski definition) is 5. The lowest BCUT2D eigenvalue weighted by molar-refractivity contribution is -0.0462. The van der Waals surface area contributed by atoms with Crippen molar-refractivity contribution in [3.8, 4) is 16.9 Å². The van der Waals surface area contributed by atoms with Gasteiger partial charge in [0.05, 0.1) is 23.9 Å². The van der Waals surface area contributed by atoms with Crippen LogP contribution in [0.2, 0.25) is 10.0 Å². The summed E-state index contributed by atoms with van der Waals surface area (Å²) in [4.78, 5) is 4.31. The highest BCUT2D eigenvalue weighted by atomic mass is 35.5. The van der Waals surface area contributed by atoms with Gasteiger partial charge in [-0.1, -0.05) is 36.0 Å². The van der Waals surface area contributed by atoms with Gasteiger partial charge in [-0.15, -0.1) is 0 Å². The number of anilines is 1. The number of halogens is 3. The lowest BCUT2D eigenvalue weighted by Gasteiger charge is -2.41. The quantitative estimate of drug-likeness (QED) is 0.394. The number of aromatic nitrogens is 3. The summed E-state index contributed by atoms with van der Waals surface area (Å²) in [6, 6.07) is 4.82. The Labute approximate surface area is 208 Å². The molecule has 1 saturated carbocycles. The molecule has 6 nitrogen and oxygen atoms in total. The zero-order chi connectivity index (χ0) is 23.9. The van der Waals surface area contributed by atoms with E-state index in [0.717, 1.165) is 30.8 Å². The highest BCUT2D eigenvalue weighted by Gasteiger charge is 2.45. The third kappa shape index (κ3) is 4.25. The maximum Gasteiger partial charge on any atom is 0.166 e. The molecule has 2 N–H and O–H groups in total.